The molecule has 1 fully saturated rings. The van der Waals surface area contributed by atoms with Gasteiger partial charge in [-0.3, -0.25) is 4.79 Å². The third-order valence-electron chi connectivity index (χ3n) is 20.2. The summed E-state index contributed by atoms with van der Waals surface area (Å²) in [4.78, 5) is 13.3. The summed E-state index contributed by atoms with van der Waals surface area (Å²) >= 11 is 0. The first-order valence-electron chi connectivity index (χ1n) is 41.4. The van der Waals surface area contributed by atoms with Crippen molar-refractivity contribution in [2.24, 2.45) is 0 Å². The van der Waals surface area contributed by atoms with Gasteiger partial charge in [-0.25, -0.2) is 0 Å². The Morgan fingerprint density at radius 3 is 0.947 bits per heavy atom. The van der Waals surface area contributed by atoms with Gasteiger partial charge in [0.2, 0.25) is 5.91 Å². The number of unbranched alkanes of at least 4 members (excludes halogenated alkanes) is 56. The van der Waals surface area contributed by atoms with Crippen molar-refractivity contribution in [2.45, 2.75) is 473 Å². The van der Waals surface area contributed by atoms with E-state index in [9.17, 15) is 40.5 Å². The lowest BCUT2D eigenvalue weighted by atomic mass is 9.98. The Labute approximate surface area is 581 Å². The van der Waals surface area contributed by atoms with Gasteiger partial charge in [-0.1, -0.05) is 391 Å². The summed E-state index contributed by atoms with van der Waals surface area (Å²) in [6, 6.07) is -1.20. The van der Waals surface area contributed by atoms with Crippen LogP contribution in [0.15, 0.2) is 36.5 Å². The van der Waals surface area contributed by atoms with E-state index < -0.39 is 74.2 Å². The van der Waals surface area contributed by atoms with Gasteiger partial charge in [0.15, 0.2) is 6.29 Å². The molecule has 1 heterocycles. The topological polar surface area (TPSA) is 189 Å². The maximum atomic E-state index is 13.3. The van der Waals surface area contributed by atoms with E-state index in [2.05, 4.69) is 55.6 Å². The van der Waals surface area contributed by atoms with Crippen LogP contribution in [0.1, 0.15) is 418 Å². The molecule has 0 aliphatic carbocycles. The molecule has 8 N–H and O–H groups in total. The van der Waals surface area contributed by atoms with Gasteiger partial charge in [0, 0.05) is 0 Å². The van der Waals surface area contributed by atoms with Gasteiger partial charge < -0.3 is 50.5 Å². The number of ether oxygens (including phenoxy) is 2. The number of carbonyl (C=O) groups excluding carboxylic acids is 1. The Balaban J connectivity index is 2.13. The first kappa shape index (κ1) is 90.3. The van der Waals surface area contributed by atoms with Crippen LogP contribution in [0.25, 0.3) is 0 Å². The quantitative estimate of drug-likeness (QED) is 0.0215. The molecule has 0 aromatic heterocycles. The van der Waals surface area contributed by atoms with Gasteiger partial charge >= 0.3 is 0 Å². The lowest BCUT2D eigenvalue weighted by Gasteiger charge is -2.40. The van der Waals surface area contributed by atoms with Crippen molar-refractivity contribution in [3.05, 3.63) is 36.5 Å². The van der Waals surface area contributed by atoms with Crippen LogP contribution in [0, 0.1) is 0 Å². The van der Waals surface area contributed by atoms with Crippen LogP contribution < -0.4 is 5.32 Å². The van der Waals surface area contributed by atoms with Crippen molar-refractivity contribution < 1.29 is 50.0 Å². The third kappa shape index (κ3) is 57.1. The molecule has 9 unspecified atom stereocenters. The molecule has 1 rings (SSSR count). The van der Waals surface area contributed by atoms with Crippen LogP contribution in [0.3, 0.4) is 0 Å². The molecule has 0 bridgehead atoms. The molecule has 1 aliphatic rings. The fourth-order valence-electron chi connectivity index (χ4n) is 13.6. The zero-order chi connectivity index (χ0) is 68.1. The molecule has 1 aliphatic heterocycles. The van der Waals surface area contributed by atoms with Gasteiger partial charge in [0.05, 0.1) is 25.4 Å². The van der Waals surface area contributed by atoms with E-state index in [1.165, 1.54) is 327 Å². The largest absolute Gasteiger partial charge is 0.394 e. The number of carbonyl (C=O) groups is 1. The number of hydrogen-bond acceptors (Lipinski definition) is 10. The highest BCUT2D eigenvalue weighted by Gasteiger charge is 2.44. The first-order chi connectivity index (χ1) is 46.2. The van der Waals surface area contributed by atoms with Gasteiger partial charge in [0.25, 0.3) is 0 Å². The van der Waals surface area contributed by atoms with Crippen LogP contribution >= 0.6 is 0 Å². The molecule has 0 aromatic carbocycles. The number of nitrogens with one attached hydrogen (secondary N) is 1. The lowest BCUT2D eigenvalue weighted by Crippen LogP contribution is -2.60. The van der Waals surface area contributed by atoms with Gasteiger partial charge in [-0.15, -0.1) is 0 Å². The van der Waals surface area contributed by atoms with E-state index in [0.717, 1.165) is 44.9 Å². The predicted octanol–water partition coefficient (Wildman–Crippen LogP) is 21.7. The Bertz CT molecular complexity index is 1630. The average molecular weight is 1330 g/mol. The highest BCUT2D eigenvalue weighted by atomic mass is 16.7. The summed E-state index contributed by atoms with van der Waals surface area (Å²) in [7, 11) is 0. The van der Waals surface area contributed by atoms with Crippen molar-refractivity contribution in [1.82, 2.24) is 5.32 Å². The SMILES string of the molecule is CCCCCCCCCCCCCCCCCC/C=C/CC/C=C/CC/C=C/CCCC(O)C(O)C(COC1OC(CO)C(O)C(O)C1O)NC(=O)C(O)CCCCCCCCCCCCCCCCCCCCCCCCCCCCCCCCCCCCCCCC. The predicted molar refractivity (Wildman–Crippen MR) is 399 cm³/mol. The van der Waals surface area contributed by atoms with Gasteiger partial charge in [-0.05, 0) is 64.2 Å². The Morgan fingerprint density at radius 1 is 0.362 bits per heavy atom. The van der Waals surface area contributed by atoms with E-state index >= 15 is 0 Å². The number of allylic oxidation sites excluding steroid dienone is 6. The summed E-state index contributed by atoms with van der Waals surface area (Å²) in [6.45, 7) is 3.51. The molecule has 1 amide bonds. The van der Waals surface area contributed by atoms with Crippen LogP contribution in [0.2, 0.25) is 0 Å². The second kappa shape index (κ2) is 71.2. The summed E-state index contributed by atoms with van der Waals surface area (Å²) in [5.41, 5.74) is 0. The Morgan fingerprint density at radius 2 is 0.638 bits per heavy atom. The number of aliphatic hydroxyl groups is 7. The summed E-state index contributed by atoms with van der Waals surface area (Å²) in [5, 5.41) is 76.7. The minimum absolute atomic E-state index is 0.243. The summed E-state index contributed by atoms with van der Waals surface area (Å²) in [6.07, 6.45) is 82.9. The van der Waals surface area contributed by atoms with E-state index in [-0.39, 0.29) is 12.8 Å². The van der Waals surface area contributed by atoms with Gasteiger partial charge in [0.1, 0.15) is 36.6 Å². The Hall–Kier alpha value is -1.67. The fraction of sp³-hybridized carbons (Fsp3) is 0.916. The smallest absolute Gasteiger partial charge is 0.249 e. The molecule has 11 heteroatoms. The monoisotopic (exact) mass is 1330 g/mol. The Kier molecular flexibility index (Phi) is 68.4. The van der Waals surface area contributed by atoms with Crippen LogP contribution in [0.4, 0.5) is 0 Å². The molecule has 0 aromatic rings. The maximum absolute atomic E-state index is 13.3. The molecule has 94 heavy (non-hydrogen) atoms. The second-order valence-corrected chi connectivity index (χ2v) is 29.2. The fourth-order valence-corrected chi connectivity index (χ4v) is 13.6. The van der Waals surface area contributed by atoms with Crippen molar-refractivity contribution in [3.8, 4) is 0 Å². The zero-order valence-electron chi connectivity index (χ0n) is 62.0. The molecular formula is C83H159NO10. The highest BCUT2D eigenvalue weighted by molar-refractivity contribution is 5.80. The van der Waals surface area contributed by atoms with Crippen molar-refractivity contribution in [1.29, 1.82) is 0 Å². The normalized spacial score (nSPS) is 18.3. The summed E-state index contributed by atoms with van der Waals surface area (Å²) < 4.78 is 11.2. The molecule has 9 atom stereocenters. The van der Waals surface area contributed by atoms with E-state index in [1.54, 1.807) is 0 Å². The van der Waals surface area contributed by atoms with E-state index in [1.807, 2.05) is 0 Å². The van der Waals surface area contributed by atoms with Crippen molar-refractivity contribution in [3.63, 3.8) is 0 Å². The number of amides is 1. The zero-order valence-corrected chi connectivity index (χ0v) is 62.0. The minimum Gasteiger partial charge on any atom is -0.394 e. The molecular weight excluding hydrogens is 1170 g/mol. The number of aliphatic hydroxyl groups excluding tert-OH is 7. The van der Waals surface area contributed by atoms with Gasteiger partial charge in [-0.2, -0.15) is 0 Å². The molecule has 0 saturated carbocycles. The number of hydrogen-bond donors (Lipinski definition) is 8. The molecule has 0 spiro atoms. The maximum Gasteiger partial charge on any atom is 0.249 e. The van der Waals surface area contributed by atoms with Crippen LogP contribution in [0.5, 0.6) is 0 Å². The lowest BCUT2D eigenvalue weighted by molar-refractivity contribution is -0.303. The molecule has 11 nitrogen and oxygen atoms in total. The minimum atomic E-state index is -1.67. The van der Waals surface area contributed by atoms with Crippen LogP contribution in [-0.4, -0.2) is 110 Å². The summed E-state index contributed by atoms with van der Waals surface area (Å²) in [5.74, 6) is -0.704. The third-order valence-corrected chi connectivity index (χ3v) is 20.2. The second-order valence-electron chi connectivity index (χ2n) is 29.2. The molecule has 1 saturated heterocycles. The van der Waals surface area contributed by atoms with Crippen molar-refractivity contribution in [2.75, 3.05) is 13.2 Å². The van der Waals surface area contributed by atoms with E-state index in [4.69, 9.17) is 9.47 Å². The molecule has 556 valence electrons. The average Bonchev–Trinajstić information content (AvgIpc) is 0.903. The molecule has 0 radical (unpaired) electrons. The highest BCUT2D eigenvalue weighted by Crippen LogP contribution is 2.24. The first-order valence-corrected chi connectivity index (χ1v) is 41.4. The van der Waals surface area contributed by atoms with Crippen LogP contribution in [-0.2, 0) is 14.3 Å². The van der Waals surface area contributed by atoms with E-state index in [0.29, 0.717) is 19.3 Å². The number of rotatable bonds is 74. The standard InChI is InChI=1S/C83H159NO10/c1-3-5-7-9-11-13-15-17-19-21-23-25-27-29-31-33-34-35-36-37-38-39-40-41-43-45-47-49-51-53-55-57-59-61-63-65-67-69-71-76(87)82(92)84-74(73-93-83-81(91)80(90)79(89)77(72-85)94-83)78(88)75(86)70-68-66-64-62-60-58-56-54-52-50-48-46-44-42-32-30-28-26-24-22-20-18-16-14-12-10-8-6-4-2/h46,48,54,56,62,64,74-81,83,85-91H,3-45,47,49-53,55,57-61,63,65-73H2,1-2H3,(H,84,92)/b48-46+,56-54+,64-62+. The van der Waals surface area contributed by atoms with Crippen molar-refractivity contribution >= 4 is 5.91 Å².